The zero-order valence-corrected chi connectivity index (χ0v) is 26.3. The maximum absolute atomic E-state index is 13.5. The summed E-state index contributed by atoms with van der Waals surface area (Å²) >= 11 is 3.49. The highest BCUT2D eigenvalue weighted by Crippen LogP contribution is 2.43. The van der Waals surface area contributed by atoms with Crippen LogP contribution in [0.4, 0.5) is 0 Å². The van der Waals surface area contributed by atoms with Crippen molar-refractivity contribution < 1.29 is 9.59 Å². The topological polar surface area (TPSA) is 56.8 Å². The predicted molar refractivity (Wildman–Crippen MR) is 170 cm³/mol. The van der Waals surface area contributed by atoms with Gasteiger partial charge in [-0.25, -0.2) is 0 Å². The highest BCUT2D eigenvalue weighted by molar-refractivity contribution is 9.10. The maximum atomic E-state index is 13.5. The first kappa shape index (κ1) is 31.5. The molecule has 2 atom stereocenters. The van der Waals surface area contributed by atoms with Crippen molar-refractivity contribution in [1.29, 1.82) is 0 Å². The molecule has 2 amide bonds. The summed E-state index contributed by atoms with van der Waals surface area (Å²) in [5, 5.41) is 0. The van der Waals surface area contributed by atoms with Crippen molar-refractivity contribution in [1.82, 2.24) is 19.7 Å². The molecular formula is C32H37BrCl2N4O2. The number of carbonyl (C=O) groups excluding carboxylic acids is 2. The summed E-state index contributed by atoms with van der Waals surface area (Å²) in [5.41, 5.74) is 2.78. The summed E-state index contributed by atoms with van der Waals surface area (Å²) in [5.74, 6) is 0.992. The van der Waals surface area contributed by atoms with Gasteiger partial charge in [0.15, 0.2) is 0 Å². The summed E-state index contributed by atoms with van der Waals surface area (Å²) in [6, 6.07) is 24.4. The van der Waals surface area contributed by atoms with Crippen LogP contribution in [0.5, 0.6) is 0 Å². The van der Waals surface area contributed by atoms with Crippen molar-refractivity contribution in [2.75, 3.05) is 39.3 Å². The first-order chi connectivity index (χ1) is 19.0. The fraction of sp³-hybridized carbons (Fsp3) is 0.406. The van der Waals surface area contributed by atoms with Crippen molar-refractivity contribution in [3.8, 4) is 0 Å². The van der Waals surface area contributed by atoms with Crippen molar-refractivity contribution in [2.24, 2.45) is 11.3 Å². The Labute approximate surface area is 263 Å². The third kappa shape index (κ3) is 6.80. The molecule has 0 saturated carbocycles. The van der Waals surface area contributed by atoms with Crippen LogP contribution in [0.3, 0.4) is 0 Å². The molecule has 6 rings (SSSR count). The number of rotatable bonds is 6. The van der Waals surface area contributed by atoms with Crippen molar-refractivity contribution in [3.05, 3.63) is 100 Å². The van der Waals surface area contributed by atoms with E-state index in [0.717, 1.165) is 56.5 Å². The van der Waals surface area contributed by atoms with Gasteiger partial charge in [0.2, 0.25) is 5.91 Å². The van der Waals surface area contributed by atoms with Crippen molar-refractivity contribution in [3.63, 3.8) is 0 Å². The highest BCUT2D eigenvalue weighted by atomic mass is 79.9. The molecule has 0 unspecified atom stereocenters. The molecule has 3 saturated heterocycles. The molecule has 218 valence electrons. The molecule has 0 bridgehead atoms. The number of nitrogens with zero attached hydrogens (tertiary/aromatic N) is 4. The minimum absolute atomic E-state index is 0. The molecule has 0 N–H and O–H groups in total. The molecule has 6 nitrogen and oxygen atoms in total. The first-order valence-corrected chi connectivity index (χ1v) is 14.8. The summed E-state index contributed by atoms with van der Waals surface area (Å²) in [4.78, 5) is 37.7. The fourth-order valence-corrected chi connectivity index (χ4v) is 7.03. The van der Waals surface area contributed by atoms with Gasteiger partial charge >= 0.3 is 0 Å². The number of hydrogen-bond donors (Lipinski definition) is 0. The van der Waals surface area contributed by atoms with Crippen LogP contribution in [0.1, 0.15) is 46.8 Å². The molecule has 4 heterocycles. The number of halogens is 3. The Morgan fingerprint density at radius 3 is 2.24 bits per heavy atom. The van der Waals surface area contributed by atoms with Gasteiger partial charge in [0.25, 0.3) is 5.91 Å². The number of amides is 2. The molecule has 41 heavy (non-hydrogen) atoms. The lowest BCUT2D eigenvalue weighted by molar-refractivity contribution is -0.139. The first-order valence-electron chi connectivity index (χ1n) is 14.0. The number of likely N-dealkylation sites (tertiary alicyclic amines) is 3. The van der Waals surface area contributed by atoms with Gasteiger partial charge in [0.1, 0.15) is 5.69 Å². The van der Waals surface area contributed by atoms with E-state index < -0.39 is 0 Å². The van der Waals surface area contributed by atoms with Gasteiger partial charge in [-0.15, -0.1) is 24.8 Å². The summed E-state index contributed by atoms with van der Waals surface area (Å²) in [7, 11) is 0. The fourth-order valence-electron chi connectivity index (χ4n) is 6.76. The van der Waals surface area contributed by atoms with Crippen LogP contribution in [0.25, 0.3) is 0 Å². The van der Waals surface area contributed by atoms with E-state index in [-0.39, 0.29) is 36.1 Å². The quantitative estimate of drug-likeness (QED) is 0.323. The highest BCUT2D eigenvalue weighted by Gasteiger charge is 2.48. The summed E-state index contributed by atoms with van der Waals surface area (Å²) in [6.07, 6.45) is 4.48. The van der Waals surface area contributed by atoms with Crippen LogP contribution in [0.15, 0.2) is 83.5 Å². The van der Waals surface area contributed by atoms with Crippen LogP contribution in [0.2, 0.25) is 0 Å². The molecule has 0 aliphatic carbocycles. The van der Waals surface area contributed by atoms with E-state index in [1.807, 2.05) is 35.2 Å². The van der Waals surface area contributed by atoms with Crippen LogP contribution in [0, 0.1) is 11.3 Å². The Hall–Kier alpha value is -2.45. The van der Waals surface area contributed by atoms with Crippen molar-refractivity contribution >= 4 is 52.6 Å². The summed E-state index contributed by atoms with van der Waals surface area (Å²) < 4.78 is 1.06. The maximum Gasteiger partial charge on any atom is 0.272 e. The van der Waals surface area contributed by atoms with E-state index in [4.69, 9.17) is 0 Å². The van der Waals surface area contributed by atoms with E-state index in [0.29, 0.717) is 36.5 Å². The van der Waals surface area contributed by atoms with E-state index in [9.17, 15) is 9.59 Å². The van der Waals surface area contributed by atoms with Gasteiger partial charge in [0, 0.05) is 49.3 Å². The normalized spacial score (nSPS) is 21.9. The lowest BCUT2D eigenvalue weighted by Crippen LogP contribution is -2.46. The van der Waals surface area contributed by atoms with Crippen LogP contribution >= 0.6 is 40.7 Å². The SMILES string of the molecule is Cl.Cl.O=C(c1ccccn1)N1C[C@H](CN2CCC3(CC2)CCN(Cc2ccc(Br)cc2)C3=O)[C@@H](c2ccccc2)C1. The Bertz CT molecular complexity index is 1300. The number of piperidine rings is 1. The van der Waals surface area contributed by atoms with Gasteiger partial charge in [0.05, 0.1) is 5.41 Å². The zero-order valence-electron chi connectivity index (χ0n) is 23.0. The minimum atomic E-state index is -0.207. The average molecular weight is 660 g/mol. The standard InChI is InChI=1S/C32H35BrN4O2.2ClH/c33-27-11-9-24(10-12-27)20-36-19-15-32(31(36)39)13-17-35(18-14-32)21-26-22-37(30(38)29-8-4-5-16-34-29)23-28(26)25-6-2-1-3-7-25;;/h1-12,16,26,28H,13-15,17-23H2;2*1H/t26-,28+;;/m0../s1. The van der Waals surface area contributed by atoms with E-state index in [2.05, 4.69) is 67.1 Å². The predicted octanol–water partition coefficient (Wildman–Crippen LogP) is 6.06. The Kier molecular flexibility index (Phi) is 10.5. The second-order valence-corrected chi connectivity index (χ2v) is 12.3. The molecule has 3 aromatic rings. The van der Waals surface area contributed by atoms with E-state index in [1.54, 1.807) is 12.3 Å². The monoisotopic (exact) mass is 658 g/mol. The molecule has 0 radical (unpaired) electrons. The number of carbonyl (C=O) groups is 2. The lowest BCUT2D eigenvalue weighted by Gasteiger charge is -2.39. The van der Waals surface area contributed by atoms with Gasteiger partial charge < -0.3 is 14.7 Å². The molecule has 3 aliphatic rings. The largest absolute Gasteiger partial charge is 0.338 e. The Morgan fingerprint density at radius 2 is 1.56 bits per heavy atom. The number of benzene rings is 2. The van der Waals surface area contributed by atoms with Gasteiger partial charge in [-0.1, -0.05) is 64.5 Å². The molecule has 2 aromatic carbocycles. The van der Waals surface area contributed by atoms with Crippen LogP contribution in [-0.4, -0.2) is 70.8 Å². The molecule has 1 spiro atoms. The lowest BCUT2D eigenvalue weighted by atomic mass is 9.76. The van der Waals surface area contributed by atoms with Crippen LogP contribution < -0.4 is 0 Å². The molecular weight excluding hydrogens is 623 g/mol. The molecule has 3 fully saturated rings. The molecule has 1 aromatic heterocycles. The third-order valence-corrected chi connectivity index (χ3v) is 9.56. The average Bonchev–Trinajstić information content (AvgIpc) is 3.53. The molecule has 9 heteroatoms. The Morgan fingerprint density at radius 1 is 0.878 bits per heavy atom. The minimum Gasteiger partial charge on any atom is -0.338 e. The third-order valence-electron chi connectivity index (χ3n) is 9.03. The van der Waals surface area contributed by atoms with Gasteiger partial charge in [-0.2, -0.15) is 0 Å². The smallest absolute Gasteiger partial charge is 0.272 e. The van der Waals surface area contributed by atoms with E-state index >= 15 is 0 Å². The van der Waals surface area contributed by atoms with Gasteiger partial charge in [-0.05, 0) is 73.7 Å². The second-order valence-electron chi connectivity index (χ2n) is 11.4. The Balaban J connectivity index is 0.00000194. The van der Waals surface area contributed by atoms with Crippen LogP contribution in [-0.2, 0) is 11.3 Å². The second kappa shape index (κ2) is 13.7. The number of hydrogen-bond acceptors (Lipinski definition) is 4. The van der Waals surface area contributed by atoms with Gasteiger partial charge in [-0.3, -0.25) is 14.6 Å². The summed E-state index contributed by atoms with van der Waals surface area (Å²) in [6.45, 7) is 5.80. The number of aromatic nitrogens is 1. The number of pyridine rings is 1. The molecule has 3 aliphatic heterocycles. The zero-order chi connectivity index (χ0) is 26.8. The van der Waals surface area contributed by atoms with E-state index in [1.165, 1.54) is 11.1 Å². The van der Waals surface area contributed by atoms with Crippen molar-refractivity contribution in [2.45, 2.75) is 31.7 Å².